The topological polar surface area (TPSA) is 88.4 Å². The first-order valence-corrected chi connectivity index (χ1v) is 10.5. The third-order valence-electron chi connectivity index (χ3n) is 4.47. The molecule has 1 unspecified atom stereocenters. The molecule has 148 valence electrons. The maximum Gasteiger partial charge on any atom is 0.191 e. The molecule has 0 amide bonds. The van der Waals surface area contributed by atoms with Gasteiger partial charge in [0, 0.05) is 25.3 Å². The van der Waals surface area contributed by atoms with Crippen molar-refractivity contribution in [2.75, 3.05) is 18.6 Å². The highest BCUT2D eigenvalue weighted by Gasteiger charge is 2.28. The molecule has 1 aliphatic rings. The molecule has 0 bridgehead atoms. The van der Waals surface area contributed by atoms with Crippen molar-refractivity contribution < 1.29 is 8.42 Å². The van der Waals surface area contributed by atoms with E-state index in [1.165, 1.54) is 0 Å². The van der Waals surface area contributed by atoms with Gasteiger partial charge in [0.2, 0.25) is 0 Å². The van der Waals surface area contributed by atoms with Crippen molar-refractivity contribution >= 4 is 39.8 Å². The molecule has 1 aromatic heterocycles. The summed E-state index contributed by atoms with van der Waals surface area (Å²) in [4.78, 5) is 4.22. The molecule has 1 saturated heterocycles. The molecule has 1 atom stereocenters. The molecule has 2 heterocycles. The molecule has 0 spiro atoms. The van der Waals surface area contributed by atoms with Gasteiger partial charge < -0.3 is 10.6 Å². The van der Waals surface area contributed by atoms with Gasteiger partial charge in [-0.3, -0.25) is 4.99 Å². The highest BCUT2D eigenvalue weighted by molar-refractivity contribution is 14.0. The Balaban J connectivity index is 0.00000261. The average Bonchev–Trinajstić information content (AvgIpc) is 3.12. The van der Waals surface area contributed by atoms with E-state index in [9.17, 15) is 8.42 Å². The maximum absolute atomic E-state index is 11.6. The van der Waals surface area contributed by atoms with Crippen molar-refractivity contribution in [2.45, 2.75) is 32.9 Å². The van der Waals surface area contributed by atoms with E-state index in [1.54, 1.807) is 7.05 Å². The number of guanidine groups is 1. The van der Waals surface area contributed by atoms with Crippen LogP contribution in [0.4, 0.5) is 0 Å². The van der Waals surface area contributed by atoms with Crippen LogP contribution in [0.25, 0.3) is 5.69 Å². The Kier molecular flexibility index (Phi) is 7.26. The third kappa shape index (κ3) is 5.44. The van der Waals surface area contributed by atoms with E-state index in [0.29, 0.717) is 18.9 Å². The second-order valence-electron chi connectivity index (χ2n) is 6.64. The minimum Gasteiger partial charge on any atom is -0.353 e. The van der Waals surface area contributed by atoms with Gasteiger partial charge in [0.15, 0.2) is 15.8 Å². The minimum absolute atomic E-state index is 0. The molecule has 0 saturated carbocycles. The highest BCUT2D eigenvalue weighted by atomic mass is 127. The smallest absolute Gasteiger partial charge is 0.191 e. The molecular formula is C18H26IN5O2S. The van der Waals surface area contributed by atoms with Gasteiger partial charge in [0.05, 0.1) is 22.9 Å². The first kappa shape index (κ1) is 21.7. The normalized spacial score (nSPS) is 18.8. The number of rotatable bonds is 4. The molecule has 1 fully saturated rings. The summed E-state index contributed by atoms with van der Waals surface area (Å²) in [5, 5.41) is 11.0. The number of aromatic nitrogens is 2. The Morgan fingerprint density at radius 1 is 1.33 bits per heavy atom. The number of aryl methyl sites for hydroxylation is 2. The van der Waals surface area contributed by atoms with Crippen molar-refractivity contribution in [3.8, 4) is 5.69 Å². The number of para-hydroxylation sites is 1. The third-order valence-corrected chi connectivity index (χ3v) is 6.24. The van der Waals surface area contributed by atoms with Crippen LogP contribution in [0.5, 0.6) is 0 Å². The minimum atomic E-state index is -2.92. The Hall–Kier alpha value is -1.62. The first-order chi connectivity index (χ1) is 12.4. The summed E-state index contributed by atoms with van der Waals surface area (Å²) in [6.07, 6.45) is 0.616. The van der Waals surface area contributed by atoms with Crippen LogP contribution in [-0.2, 0) is 16.4 Å². The zero-order valence-electron chi connectivity index (χ0n) is 15.8. The molecular weight excluding hydrogens is 477 g/mol. The van der Waals surface area contributed by atoms with Crippen LogP contribution in [-0.4, -0.2) is 48.8 Å². The number of benzene rings is 1. The van der Waals surface area contributed by atoms with Crippen molar-refractivity contribution in [1.82, 2.24) is 20.4 Å². The van der Waals surface area contributed by atoms with Crippen LogP contribution in [0.1, 0.15) is 23.4 Å². The van der Waals surface area contributed by atoms with Crippen LogP contribution in [0, 0.1) is 13.8 Å². The zero-order chi connectivity index (χ0) is 18.7. The number of hydrogen-bond donors (Lipinski definition) is 2. The van der Waals surface area contributed by atoms with Gasteiger partial charge >= 0.3 is 0 Å². The van der Waals surface area contributed by atoms with Gasteiger partial charge in [-0.2, -0.15) is 5.10 Å². The molecule has 1 aliphatic heterocycles. The van der Waals surface area contributed by atoms with Gasteiger partial charge in [-0.05, 0) is 38.0 Å². The van der Waals surface area contributed by atoms with Crippen LogP contribution >= 0.6 is 24.0 Å². The Morgan fingerprint density at radius 3 is 2.67 bits per heavy atom. The standard InChI is InChI=1S/C18H25N5O2S.HI/c1-13-10-14(2)23(22-13)17-7-5-4-6-15(17)11-20-18(19-3)21-16-8-9-26(24,25)12-16;/h4-7,10,16H,8-9,11-12H2,1-3H3,(H2,19,20,21);1H. The first-order valence-electron chi connectivity index (χ1n) is 8.67. The lowest BCUT2D eigenvalue weighted by atomic mass is 10.1. The predicted molar refractivity (Wildman–Crippen MR) is 119 cm³/mol. The van der Waals surface area contributed by atoms with Crippen molar-refractivity contribution in [2.24, 2.45) is 4.99 Å². The van der Waals surface area contributed by atoms with Crippen LogP contribution in [0.2, 0.25) is 0 Å². The summed E-state index contributed by atoms with van der Waals surface area (Å²) >= 11 is 0. The number of aliphatic imine (C=N–C) groups is 1. The molecule has 27 heavy (non-hydrogen) atoms. The second-order valence-corrected chi connectivity index (χ2v) is 8.87. The number of nitrogens with one attached hydrogen (secondary N) is 2. The maximum atomic E-state index is 11.6. The monoisotopic (exact) mass is 503 g/mol. The van der Waals surface area contributed by atoms with E-state index in [0.717, 1.165) is 22.6 Å². The SMILES string of the molecule is CN=C(NCc1ccccc1-n1nc(C)cc1C)NC1CCS(=O)(=O)C1.I. The summed E-state index contributed by atoms with van der Waals surface area (Å²) in [7, 11) is -1.23. The Morgan fingerprint density at radius 2 is 2.07 bits per heavy atom. The molecule has 2 N–H and O–H groups in total. The summed E-state index contributed by atoms with van der Waals surface area (Å²) in [6.45, 7) is 4.57. The van der Waals surface area contributed by atoms with E-state index < -0.39 is 9.84 Å². The fraction of sp³-hybridized carbons (Fsp3) is 0.444. The van der Waals surface area contributed by atoms with E-state index in [-0.39, 0.29) is 41.5 Å². The van der Waals surface area contributed by atoms with Crippen LogP contribution < -0.4 is 10.6 Å². The van der Waals surface area contributed by atoms with Crippen molar-refractivity contribution in [3.05, 3.63) is 47.3 Å². The number of nitrogens with zero attached hydrogens (tertiary/aromatic N) is 3. The number of sulfone groups is 1. The Bertz CT molecular complexity index is 924. The average molecular weight is 503 g/mol. The lowest BCUT2D eigenvalue weighted by Gasteiger charge is -2.17. The quantitative estimate of drug-likeness (QED) is 0.379. The van der Waals surface area contributed by atoms with Crippen molar-refractivity contribution in [3.63, 3.8) is 0 Å². The lowest BCUT2D eigenvalue weighted by molar-refractivity contribution is 0.599. The number of halogens is 1. The van der Waals surface area contributed by atoms with E-state index in [2.05, 4.69) is 20.7 Å². The fourth-order valence-corrected chi connectivity index (χ4v) is 4.89. The summed E-state index contributed by atoms with van der Waals surface area (Å²) < 4.78 is 25.2. The van der Waals surface area contributed by atoms with Gasteiger partial charge in [-0.25, -0.2) is 13.1 Å². The largest absolute Gasteiger partial charge is 0.353 e. The summed E-state index contributed by atoms with van der Waals surface area (Å²) in [6, 6.07) is 10.0. The second kappa shape index (κ2) is 9.05. The van der Waals surface area contributed by atoms with E-state index in [1.807, 2.05) is 48.9 Å². The van der Waals surface area contributed by atoms with E-state index >= 15 is 0 Å². The molecule has 1 aromatic carbocycles. The summed E-state index contributed by atoms with van der Waals surface area (Å²) in [5.74, 6) is 1.01. The molecule has 2 aromatic rings. The van der Waals surface area contributed by atoms with Crippen LogP contribution in [0.15, 0.2) is 35.3 Å². The number of hydrogen-bond acceptors (Lipinski definition) is 4. The van der Waals surface area contributed by atoms with Gasteiger partial charge in [0.1, 0.15) is 0 Å². The summed E-state index contributed by atoms with van der Waals surface area (Å²) in [5.41, 5.74) is 4.16. The molecule has 0 radical (unpaired) electrons. The highest BCUT2D eigenvalue weighted by Crippen LogP contribution is 2.17. The fourth-order valence-electron chi connectivity index (χ4n) is 3.22. The van der Waals surface area contributed by atoms with E-state index in [4.69, 9.17) is 0 Å². The van der Waals surface area contributed by atoms with Gasteiger partial charge in [-0.15, -0.1) is 24.0 Å². The molecule has 3 rings (SSSR count). The van der Waals surface area contributed by atoms with Gasteiger partial charge in [0.25, 0.3) is 0 Å². The lowest BCUT2D eigenvalue weighted by Crippen LogP contribution is -2.43. The van der Waals surface area contributed by atoms with Gasteiger partial charge in [-0.1, -0.05) is 18.2 Å². The van der Waals surface area contributed by atoms with Crippen molar-refractivity contribution in [1.29, 1.82) is 0 Å². The Labute approximate surface area is 177 Å². The predicted octanol–water partition coefficient (Wildman–Crippen LogP) is 1.96. The van der Waals surface area contributed by atoms with Crippen LogP contribution in [0.3, 0.4) is 0 Å². The molecule has 7 nitrogen and oxygen atoms in total. The zero-order valence-corrected chi connectivity index (χ0v) is 18.9. The molecule has 0 aliphatic carbocycles. The molecule has 9 heteroatoms.